The summed E-state index contributed by atoms with van der Waals surface area (Å²) in [5.74, 6) is 0.702. The maximum absolute atomic E-state index is 12.4. The fourth-order valence-corrected chi connectivity index (χ4v) is 3.13. The third-order valence-corrected chi connectivity index (χ3v) is 4.50. The van der Waals surface area contributed by atoms with Crippen LogP contribution < -0.4 is 15.5 Å². The van der Waals surface area contributed by atoms with E-state index in [4.69, 9.17) is 9.15 Å². The molecule has 1 aliphatic rings. The number of benzene rings is 2. The van der Waals surface area contributed by atoms with E-state index in [2.05, 4.69) is 5.32 Å². The first-order valence-electron chi connectivity index (χ1n) is 8.14. The molecule has 1 saturated carbocycles. The molecule has 126 valence electrons. The molecule has 2 aromatic carbocycles. The van der Waals surface area contributed by atoms with E-state index < -0.39 is 0 Å². The molecule has 1 fully saturated rings. The normalized spacial score (nSPS) is 18.8. The van der Waals surface area contributed by atoms with Gasteiger partial charge in [0.1, 0.15) is 11.3 Å². The summed E-state index contributed by atoms with van der Waals surface area (Å²) < 4.78 is 11.0. The minimum absolute atomic E-state index is 0.0144. The zero-order valence-corrected chi connectivity index (χ0v) is 13.7. The minimum atomic E-state index is -0.370. The molecule has 3 aromatic rings. The summed E-state index contributed by atoms with van der Waals surface area (Å²) in [6, 6.07) is 16.0. The van der Waals surface area contributed by atoms with Crippen LogP contribution in [0, 0.1) is 0 Å². The molecule has 0 saturated heterocycles. The molecule has 2 atom stereocenters. The lowest BCUT2D eigenvalue weighted by atomic mass is 10.1. The Kier molecular flexibility index (Phi) is 3.76. The van der Waals surface area contributed by atoms with E-state index in [0.29, 0.717) is 11.0 Å². The van der Waals surface area contributed by atoms with Gasteiger partial charge >= 0.3 is 0 Å². The predicted octanol–water partition coefficient (Wildman–Crippen LogP) is 3.09. The Morgan fingerprint density at radius 3 is 2.76 bits per heavy atom. The van der Waals surface area contributed by atoms with E-state index in [1.807, 2.05) is 24.3 Å². The van der Waals surface area contributed by atoms with E-state index in [1.54, 1.807) is 31.4 Å². The smallest absolute Gasteiger partial charge is 0.287 e. The van der Waals surface area contributed by atoms with E-state index in [-0.39, 0.29) is 29.1 Å². The van der Waals surface area contributed by atoms with Gasteiger partial charge in [0, 0.05) is 18.0 Å². The number of nitrogens with one attached hydrogen (secondary N) is 1. The molecule has 4 rings (SSSR count). The number of carbonyl (C=O) groups excluding carboxylic acids is 1. The van der Waals surface area contributed by atoms with Crippen molar-refractivity contribution in [2.24, 2.45) is 0 Å². The first-order valence-corrected chi connectivity index (χ1v) is 8.14. The highest BCUT2D eigenvalue weighted by molar-refractivity contribution is 5.93. The Morgan fingerprint density at radius 1 is 1.16 bits per heavy atom. The molecule has 0 spiro atoms. The average Bonchev–Trinajstić information content (AvgIpc) is 3.40. The van der Waals surface area contributed by atoms with Crippen LogP contribution >= 0.6 is 0 Å². The number of amides is 1. The number of methoxy groups -OCH3 is 1. The van der Waals surface area contributed by atoms with Gasteiger partial charge in [-0.05, 0) is 30.2 Å². The molecule has 1 amide bonds. The van der Waals surface area contributed by atoms with Gasteiger partial charge in [0.05, 0.1) is 12.5 Å². The van der Waals surface area contributed by atoms with E-state index in [9.17, 15) is 9.59 Å². The summed E-state index contributed by atoms with van der Waals surface area (Å²) in [6.07, 6.45) is 0.837. The lowest BCUT2D eigenvalue weighted by Gasteiger charge is -2.08. The first kappa shape index (κ1) is 15.4. The van der Waals surface area contributed by atoms with Gasteiger partial charge in [-0.2, -0.15) is 0 Å². The Labute approximate surface area is 144 Å². The van der Waals surface area contributed by atoms with Gasteiger partial charge in [-0.3, -0.25) is 9.59 Å². The van der Waals surface area contributed by atoms with Crippen molar-refractivity contribution in [1.82, 2.24) is 5.32 Å². The summed E-state index contributed by atoms with van der Waals surface area (Å²) in [5.41, 5.74) is 1.27. The highest BCUT2D eigenvalue weighted by Gasteiger charge is 2.41. The van der Waals surface area contributed by atoms with Crippen LogP contribution in [0.1, 0.15) is 28.5 Å². The van der Waals surface area contributed by atoms with Crippen molar-refractivity contribution in [2.75, 3.05) is 7.11 Å². The van der Waals surface area contributed by atoms with Gasteiger partial charge in [-0.1, -0.05) is 30.3 Å². The van der Waals surface area contributed by atoms with Gasteiger partial charge in [-0.15, -0.1) is 0 Å². The maximum Gasteiger partial charge on any atom is 0.287 e. The molecule has 0 bridgehead atoms. The Hall–Kier alpha value is -3.08. The number of rotatable bonds is 4. The first-order chi connectivity index (χ1) is 12.2. The maximum atomic E-state index is 12.4. The number of ether oxygens (including phenoxy) is 1. The Bertz CT molecular complexity index is 1010. The lowest BCUT2D eigenvalue weighted by molar-refractivity contribution is 0.0923. The molecule has 1 N–H and O–H groups in total. The van der Waals surface area contributed by atoms with Gasteiger partial charge in [0.15, 0.2) is 11.2 Å². The number of fused-ring (bicyclic) bond motifs is 1. The summed E-state index contributed by atoms with van der Waals surface area (Å²) in [4.78, 5) is 24.6. The van der Waals surface area contributed by atoms with Crippen LogP contribution in [0.3, 0.4) is 0 Å². The minimum Gasteiger partial charge on any atom is -0.496 e. The monoisotopic (exact) mass is 335 g/mol. The number of carbonyl (C=O) groups is 1. The molecule has 1 aliphatic carbocycles. The van der Waals surface area contributed by atoms with Crippen LogP contribution in [0.15, 0.2) is 63.8 Å². The van der Waals surface area contributed by atoms with Crippen molar-refractivity contribution in [3.8, 4) is 5.75 Å². The summed E-state index contributed by atoms with van der Waals surface area (Å²) in [7, 11) is 1.64. The van der Waals surface area contributed by atoms with E-state index in [0.717, 1.165) is 17.7 Å². The summed E-state index contributed by atoms with van der Waals surface area (Å²) >= 11 is 0. The quantitative estimate of drug-likeness (QED) is 0.795. The van der Waals surface area contributed by atoms with Crippen LogP contribution in [0.25, 0.3) is 11.0 Å². The molecule has 1 heterocycles. The fraction of sp³-hybridized carbons (Fsp3) is 0.200. The Morgan fingerprint density at radius 2 is 1.92 bits per heavy atom. The van der Waals surface area contributed by atoms with Crippen molar-refractivity contribution in [1.29, 1.82) is 0 Å². The van der Waals surface area contributed by atoms with Crippen LogP contribution in [0.5, 0.6) is 5.75 Å². The highest BCUT2D eigenvalue weighted by Crippen LogP contribution is 2.44. The van der Waals surface area contributed by atoms with Gasteiger partial charge in [-0.25, -0.2) is 0 Å². The average molecular weight is 335 g/mol. The zero-order chi connectivity index (χ0) is 17.4. The van der Waals surface area contributed by atoms with Crippen molar-refractivity contribution >= 4 is 16.9 Å². The molecule has 0 aliphatic heterocycles. The second kappa shape index (κ2) is 6.09. The van der Waals surface area contributed by atoms with Crippen LogP contribution in [0.2, 0.25) is 0 Å². The van der Waals surface area contributed by atoms with Crippen molar-refractivity contribution in [2.45, 2.75) is 18.4 Å². The molecule has 1 aromatic heterocycles. The second-order valence-corrected chi connectivity index (χ2v) is 6.14. The van der Waals surface area contributed by atoms with Gasteiger partial charge in [0.2, 0.25) is 0 Å². The van der Waals surface area contributed by atoms with Crippen LogP contribution in [-0.2, 0) is 0 Å². The molecular weight excluding hydrogens is 318 g/mol. The summed E-state index contributed by atoms with van der Waals surface area (Å²) in [6.45, 7) is 0. The standard InChI is InChI=1S/C20H17NO4/c1-24-17-8-4-2-6-12(17)14-10-15(14)21-20(23)19-11-16(22)13-7-3-5-9-18(13)25-19/h2-9,11,14-15H,10H2,1H3,(H,21,23)/t14-,15-/m0/s1. The third kappa shape index (κ3) is 2.89. The fourth-order valence-electron chi connectivity index (χ4n) is 3.13. The Balaban J connectivity index is 1.53. The predicted molar refractivity (Wildman–Crippen MR) is 94.1 cm³/mol. The third-order valence-electron chi connectivity index (χ3n) is 4.50. The zero-order valence-electron chi connectivity index (χ0n) is 13.7. The molecule has 5 nitrogen and oxygen atoms in total. The van der Waals surface area contributed by atoms with Gasteiger partial charge < -0.3 is 14.5 Å². The van der Waals surface area contributed by atoms with Crippen LogP contribution in [-0.4, -0.2) is 19.1 Å². The lowest BCUT2D eigenvalue weighted by Crippen LogP contribution is -2.27. The van der Waals surface area contributed by atoms with Gasteiger partial charge in [0.25, 0.3) is 5.91 Å². The molecule has 5 heteroatoms. The van der Waals surface area contributed by atoms with Crippen molar-refractivity contribution < 1.29 is 13.9 Å². The molecule has 25 heavy (non-hydrogen) atoms. The SMILES string of the molecule is COc1ccccc1[C@@H]1C[C@@H]1NC(=O)c1cc(=O)c2ccccc2o1. The van der Waals surface area contributed by atoms with Crippen molar-refractivity contribution in [3.63, 3.8) is 0 Å². The van der Waals surface area contributed by atoms with Crippen LogP contribution in [0.4, 0.5) is 0 Å². The molecular formula is C20H17NO4. The van der Waals surface area contributed by atoms with Crippen molar-refractivity contribution in [3.05, 3.63) is 76.1 Å². The number of hydrogen-bond donors (Lipinski definition) is 1. The second-order valence-electron chi connectivity index (χ2n) is 6.14. The molecule has 0 radical (unpaired) electrons. The topological polar surface area (TPSA) is 68.5 Å². The highest BCUT2D eigenvalue weighted by atomic mass is 16.5. The summed E-state index contributed by atoms with van der Waals surface area (Å²) in [5, 5.41) is 3.40. The number of hydrogen-bond acceptors (Lipinski definition) is 4. The number of para-hydroxylation sites is 2. The largest absolute Gasteiger partial charge is 0.496 e. The molecule has 0 unspecified atom stereocenters. The van der Waals surface area contributed by atoms with E-state index in [1.165, 1.54) is 6.07 Å². The van der Waals surface area contributed by atoms with E-state index >= 15 is 0 Å².